The van der Waals surface area contributed by atoms with E-state index in [1.807, 2.05) is 0 Å². The van der Waals surface area contributed by atoms with Crippen molar-refractivity contribution in [3.05, 3.63) is 63.6 Å². The average molecular weight is 368 g/mol. The maximum Gasteiger partial charge on any atom is 0.342 e. The van der Waals surface area contributed by atoms with Crippen LogP contribution in [0.25, 0.3) is 0 Å². The maximum absolute atomic E-state index is 11.9. The van der Waals surface area contributed by atoms with Gasteiger partial charge in [-0.3, -0.25) is 4.79 Å². The molecule has 2 aromatic carbocycles. The van der Waals surface area contributed by atoms with Gasteiger partial charge in [0.05, 0.1) is 6.04 Å². The molecule has 0 aliphatic heterocycles. The van der Waals surface area contributed by atoms with Gasteiger partial charge in [-0.05, 0) is 36.8 Å². The first-order valence-corrected chi connectivity index (χ1v) is 7.83. The van der Waals surface area contributed by atoms with Gasteiger partial charge in [0.1, 0.15) is 11.3 Å². The fourth-order valence-electron chi connectivity index (χ4n) is 2.07. The van der Waals surface area contributed by atoms with Crippen molar-refractivity contribution in [3.8, 4) is 5.75 Å². The van der Waals surface area contributed by atoms with Crippen LogP contribution in [-0.2, 0) is 9.53 Å². The highest BCUT2D eigenvalue weighted by atomic mass is 35.5. The molecule has 0 saturated carbocycles. The molecule has 0 fully saturated rings. The van der Waals surface area contributed by atoms with Crippen molar-refractivity contribution < 1.29 is 19.4 Å². The summed E-state index contributed by atoms with van der Waals surface area (Å²) in [5.74, 6) is -1.47. The van der Waals surface area contributed by atoms with Gasteiger partial charge in [-0.25, -0.2) is 4.79 Å². The Hall–Kier alpha value is -2.24. The number of carbonyl (C=O) groups excluding carboxylic acids is 2. The van der Waals surface area contributed by atoms with Crippen molar-refractivity contribution in [1.82, 2.24) is 5.32 Å². The Morgan fingerprint density at radius 3 is 2.58 bits per heavy atom. The standard InChI is InChI=1S/C17H15Cl2NO4/c1-10(12-7-6-11(18)8-14(12)19)20-16(22)9-24-17(23)13-4-2-3-5-15(13)21/h2-8,10,21H,9H2,1H3,(H,20,22). The van der Waals surface area contributed by atoms with Gasteiger partial charge in [-0.1, -0.05) is 41.4 Å². The molecule has 0 aliphatic carbocycles. The van der Waals surface area contributed by atoms with Crippen LogP contribution in [0.4, 0.5) is 0 Å². The summed E-state index contributed by atoms with van der Waals surface area (Å²) in [5.41, 5.74) is 0.695. The molecule has 7 heteroatoms. The van der Waals surface area contributed by atoms with Crippen LogP contribution in [0.2, 0.25) is 10.0 Å². The van der Waals surface area contributed by atoms with Gasteiger partial charge < -0.3 is 15.2 Å². The first-order valence-electron chi connectivity index (χ1n) is 7.08. The number of esters is 1. The number of phenols is 1. The maximum atomic E-state index is 11.9. The van der Waals surface area contributed by atoms with Crippen molar-refractivity contribution in [1.29, 1.82) is 0 Å². The molecule has 0 aliphatic rings. The molecule has 24 heavy (non-hydrogen) atoms. The summed E-state index contributed by atoms with van der Waals surface area (Å²) in [5, 5.41) is 13.2. The highest BCUT2D eigenvalue weighted by molar-refractivity contribution is 6.35. The van der Waals surface area contributed by atoms with Gasteiger partial charge in [-0.15, -0.1) is 0 Å². The highest BCUT2D eigenvalue weighted by Crippen LogP contribution is 2.26. The second kappa shape index (κ2) is 8.04. The van der Waals surface area contributed by atoms with Crippen LogP contribution < -0.4 is 5.32 Å². The summed E-state index contributed by atoms with van der Waals surface area (Å²) in [4.78, 5) is 23.7. The van der Waals surface area contributed by atoms with Gasteiger partial charge >= 0.3 is 5.97 Å². The summed E-state index contributed by atoms with van der Waals surface area (Å²) in [6.45, 7) is 1.28. The zero-order valence-corrected chi connectivity index (χ0v) is 14.3. The molecule has 0 spiro atoms. The molecule has 2 rings (SSSR count). The number of hydrogen-bond acceptors (Lipinski definition) is 4. The van der Waals surface area contributed by atoms with Crippen LogP contribution >= 0.6 is 23.2 Å². The van der Waals surface area contributed by atoms with Crippen LogP contribution in [0.5, 0.6) is 5.75 Å². The number of carbonyl (C=O) groups is 2. The van der Waals surface area contributed by atoms with Crippen LogP contribution in [0.15, 0.2) is 42.5 Å². The van der Waals surface area contributed by atoms with E-state index in [0.717, 1.165) is 0 Å². The minimum absolute atomic E-state index is 0.000839. The second-order valence-corrected chi connectivity index (χ2v) is 5.89. The molecule has 0 aromatic heterocycles. The van der Waals surface area contributed by atoms with Crippen molar-refractivity contribution in [2.75, 3.05) is 6.61 Å². The van der Waals surface area contributed by atoms with E-state index in [2.05, 4.69) is 5.32 Å². The number of aromatic hydroxyl groups is 1. The van der Waals surface area contributed by atoms with Crippen molar-refractivity contribution in [2.24, 2.45) is 0 Å². The quantitative estimate of drug-likeness (QED) is 0.789. The van der Waals surface area contributed by atoms with Crippen molar-refractivity contribution in [3.63, 3.8) is 0 Å². The third-order valence-corrected chi connectivity index (χ3v) is 3.83. The number of hydrogen-bond donors (Lipinski definition) is 2. The minimum atomic E-state index is -0.777. The number of halogens is 2. The monoisotopic (exact) mass is 367 g/mol. The third-order valence-electron chi connectivity index (χ3n) is 3.26. The summed E-state index contributed by atoms with van der Waals surface area (Å²) < 4.78 is 4.89. The average Bonchev–Trinajstić information content (AvgIpc) is 2.52. The van der Waals surface area contributed by atoms with Gasteiger partial charge in [0, 0.05) is 10.0 Å². The summed E-state index contributed by atoms with van der Waals surface area (Å²) in [6, 6.07) is 10.5. The van der Waals surface area contributed by atoms with Gasteiger partial charge in [0.15, 0.2) is 6.61 Å². The smallest absolute Gasteiger partial charge is 0.342 e. The highest BCUT2D eigenvalue weighted by Gasteiger charge is 2.16. The van der Waals surface area contributed by atoms with E-state index in [1.54, 1.807) is 37.3 Å². The van der Waals surface area contributed by atoms with E-state index >= 15 is 0 Å². The van der Waals surface area contributed by atoms with Gasteiger partial charge in [0.25, 0.3) is 5.91 Å². The lowest BCUT2D eigenvalue weighted by molar-refractivity contribution is -0.124. The van der Waals surface area contributed by atoms with E-state index in [-0.39, 0.29) is 17.4 Å². The Morgan fingerprint density at radius 1 is 1.21 bits per heavy atom. The molecular formula is C17H15Cl2NO4. The van der Waals surface area contributed by atoms with Crippen LogP contribution in [0.3, 0.4) is 0 Å². The molecule has 0 radical (unpaired) electrons. The van der Waals surface area contributed by atoms with Gasteiger partial charge in [0.2, 0.25) is 0 Å². The lowest BCUT2D eigenvalue weighted by atomic mass is 10.1. The van der Waals surface area contributed by atoms with E-state index in [4.69, 9.17) is 27.9 Å². The van der Waals surface area contributed by atoms with Crippen LogP contribution in [0.1, 0.15) is 28.9 Å². The first kappa shape index (κ1) is 18.1. The Bertz CT molecular complexity index is 764. The van der Waals surface area contributed by atoms with E-state index in [0.29, 0.717) is 15.6 Å². The predicted molar refractivity (Wildman–Crippen MR) is 91.4 cm³/mol. The van der Waals surface area contributed by atoms with Gasteiger partial charge in [-0.2, -0.15) is 0 Å². The minimum Gasteiger partial charge on any atom is -0.507 e. The largest absolute Gasteiger partial charge is 0.507 e. The topological polar surface area (TPSA) is 75.6 Å². The fraction of sp³-hybridized carbons (Fsp3) is 0.176. The number of benzene rings is 2. The van der Waals surface area contributed by atoms with E-state index < -0.39 is 18.5 Å². The molecule has 5 nitrogen and oxygen atoms in total. The fourth-order valence-corrected chi connectivity index (χ4v) is 2.64. The first-order chi connectivity index (χ1) is 11.4. The van der Waals surface area contributed by atoms with Crippen molar-refractivity contribution >= 4 is 35.1 Å². The molecule has 0 bridgehead atoms. The number of rotatable bonds is 5. The Morgan fingerprint density at radius 2 is 1.92 bits per heavy atom. The van der Waals surface area contributed by atoms with Crippen LogP contribution in [0, 0.1) is 0 Å². The van der Waals surface area contributed by atoms with E-state index in [1.165, 1.54) is 12.1 Å². The second-order valence-electron chi connectivity index (χ2n) is 5.05. The molecule has 2 aromatic rings. The summed E-state index contributed by atoms with van der Waals surface area (Å²) >= 11 is 11.9. The number of phenolic OH excluding ortho intramolecular Hbond substituents is 1. The molecule has 1 amide bonds. The number of nitrogens with one attached hydrogen (secondary N) is 1. The zero-order valence-electron chi connectivity index (χ0n) is 12.8. The lowest BCUT2D eigenvalue weighted by Gasteiger charge is -2.16. The molecule has 1 atom stereocenters. The number of amides is 1. The Kier molecular flexibility index (Phi) is 6.06. The summed E-state index contributed by atoms with van der Waals surface area (Å²) in [7, 11) is 0. The van der Waals surface area contributed by atoms with Crippen LogP contribution in [-0.4, -0.2) is 23.6 Å². The molecule has 0 heterocycles. The Labute approximate surface area is 149 Å². The van der Waals surface area contributed by atoms with Crippen molar-refractivity contribution in [2.45, 2.75) is 13.0 Å². The number of ether oxygens (including phenoxy) is 1. The summed E-state index contributed by atoms with van der Waals surface area (Å²) in [6.07, 6.45) is 0. The lowest BCUT2D eigenvalue weighted by Crippen LogP contribution is -2.31. The van der Waals surface area contributed by atoms with E-state index in [9.17, 15) is 14.7 Å². The number of para-hydroxylation sites is 1. The normalized spacial score (nSPS) is 11.6. The molecule has 2 N–H and O–H groups in total. The zero-order chi connectivity index (χ0) is 17.7. The molecule has 126 valence electrons. The predicted octanol–water partition coefficient (Wildman–Crippen LogP) is 3.73. The third kappa shape index (κ3) is 4.63. The molecule has 0 saturated heterocycles. The molecular weight excluding hydrogens is 353 g/mol. The molecule has 1 unspecified atom stereocenters. The SMILES string of the molecule is CC(NC(=O)COC(=O)c1ccccc1O)c1ccc(Cl)cc1Cl. The Balaban J connectivity index is 1.91.